The number of rotatable bonds is 0. The van der Waals surface area contributed by atoms with Crippen LogP contribution in [0.1, 0.15) is 7.43 Å². The maximum Gasteiger partial charge on any atom is -0.00137 e. The Morgan fingerprint density at radius 2 is 0.519 bits per heavy atom. The van der Waals surface area contributed by atoms with Gasteiger partial charge in [0.15, 0.2) is 0 Å². The summed E-state index contributed by atoms with van der Waals surface area (Å²) < 4.78 is 0. The quantitative estimate of drug-likeness (QED) is 0.244. The Balaban J connectivity index is 0.00000146. The van der Waals surface area contributed by atoms with Crippen LogP contribution in [0.3, 0.4) is 0 Å². The van der Waals surface area contributed by atoms with E-state index in [-0.39, 0.29) is 7.43 Å². The van der Waals surface area contributed by atoms with E-state index in [4.69, 9.17) is 0 Å². The summed E-state index contributed by atoms with van der Waals surface area (Å²) >= 11 is 0. The van der Waals surface area contributed by atoms with Gasteiger partial charge in [0.05, 0.1) is 0 Å². The predicted molar refractivity (Wildman–Crippen MR) is 121 cm³/mol. The van der Waals surface area contributed by atoms with Gasteiger partial charge in [-0.1, -0.05) is 92.4 Å². The second-order valence-corrected chi connectivity index (χ2v) is 7.30. The van der Waals surface area contributed by atoms with E-state index in [1.54, 1.807) is 0 Å². The molecule has 7 rings (SSSR count). The molecule has 0 N–H and O–H groups in total. The molecule has 0 unspecified atom stereocenters. The predicted octanol–water partition coefficient (Wildman–Crippen LogP) is 8.12. The van der Waals surface area contributed by atoms with Crippen molar-refractivity contribution in [1.82, 2.24) is 0 Å². The lowest BCUT2D eigenvalue weighted by Gasteiger charge is -2.07. The molecular formula is C27H18. The summed E-state index contributed by atoms with van der Waals surface area (Å²) in [6.45, 7) is 0. The molecular weight excluding hydrogens is 324 g/mol. The van der Waals surface area contributed by atoms with Crippen LogP contribution in [-0.2, 0) is 0 Å². The largest absolute Gasteiger partial charge is 0.0776 e. The van der Waals surface area contributed by atoms with Crippen LogP contribution in [0.25, 0.3) is 64.6 Å². The Morgan fingerprint density at radius 3 is 0.889 bits per heavy atom. The molecule has 0 aliphatic carbocycles. The maximum atomic E-state index is 2.31. The van der Waals surface area contributed by atoms with Gasteiger partial charge in [-0.05, 0) is 64.6 Å². The first kappa shape index (κ1) is 14.8. The molecule has 126 valence electrons. The molecule has 0 amide bonds. The monoisotopic (exact) mass is 342 g/mol. The van der Waals surface area contributed by atoms with Crippen LogP contribution in [0, 0.1) is 0 Å². The molecule has 0 aliphatic rings. The van der Waals surface area contributed by atoms with Gasteiger partial charge in [0.1, 0.15) is 0 Å². The van der Waals surface area contributed by atoms with Crippen molar-refractivity contribution < 1.29 is 0 Å². The zero-order valence-electron chi connectivity index (χ0n) is 14.1. The minimum absolute atomic E-state index is 0. The molecule has 0 spiro atoms. The molecule has 27 heavy (non-hydrogen) atoms. The van der Waals surface area contributed by atoms with Crippen molar-refractivity contribution in [2.75, 3.05) is 0 Å². The molecule has 0 bridgehead atoms. The Hall–Kier alpha value is -3.38. The van der Waals surface area contributed by atoms with Crippen LogP contribution in [0.4, 0.5) is 0 Å². The van der Waals surface area contributed by atoms with E-state index in [1.165, 1.54) is 64.6 Å². The summed E-state index contributed by atoms with van der Waals surface area (Å²) in [4.78, 5) is 0. The van der Waals surface area contributed by atoms with Crippen LogP contribution in [0.5, 0.6) is 0 Å². The SMILES string of the molecule is C.c1ccc2c(c1)c1cccc3c4c5ccccc5c5cccc(c2c13)c54. The van der Waals surface area contributed by atoms with Gasteiger partial charge < -0.3 is 0 Å². The standard InChI is InChI=1S/C26H14.CH4/c1-3-9-17-15(7-1)19-11-5-13-22-24-18-10-4-2-8-16(18)20-12-6-14-21(26(20)24)23(17)25(19)22;/h1-14H;1H4. The van der Waals surface area contributed by atoms with Crippen molar-refractivity contribution in [1.29, 1.82) is 0 Å². The molecule has 0 heteroatoms. The fourth-order valence-corrected chi connectivity index (χ4v) is 5.21. The summed E-state index contributed by atoms with van der Waals surface area (Å²) in [5, 5.41) is 16.7. The van der Waals surface area contributed by atoms with Gasteiger partial charge in [0.25, 0.3) is 0 Å². The first-order valence-corrected chi connectivity index (χ1v) is 9.14. The average molecular weight is 342 g/mol. The van der Waals surface area contributed by atoms with E-state index in [0.29, 0.717) is 0 Å². The van der Waals surface area contributed by atoms with Gasteiger partial charge in [0.2, 0.25) is 0 Å². The first-order chi connectivity index (χ1) is 12.9. The highest BCUT2D eigenvalue weighted by molar-refractivity contribution is 6.47. The van der Waals surface area contributed by atoms with E-state index in [0.717, 1.165) is 0 Å². The highest BCUT2D eigenvalue weighted by Gasteiger charge is 2.20. The van der Waals surface area contributed by atoms with Gasteiger partial charge >= 0.3 is 0 Å². The third-order valence-electron chi connectivity index (χ3n) is 6.14. The lowest BCUT2D eigenvalue weighted by molar-refractivity contribution is 1.85. The molecule has 0 aromatic heterocycles. The Kier molecular flexibility index (Phi) is 2.66. The van der Waals surface area contributed by atoms with Crippen molar-refractivity contribution in [3.8, 4) is 0 Å². The maximum absolute atomic E-state index is 2.31. The average Bonchev–Trinajstić information content (AvgIpc) is 3.22. The van der Waals surface area contributed by atoms with Crippen molar-refractivity contribution >= 4 is 64.6 Å². The minimum Gasteiger partial charge on any atom is -0.0776 e. The molecule has 0 fully saturated rings. The lowest BCUT2D eigenvalue weighted by atomic mass is 9.95. The van der Waals surface area contributed by atoms with Crippen LogP contribution in [-0.4, -0.2) is 0 Å². The van der Waals surface area contributed by atoms with Gasteiger partial charge in [-0.15, -0.1) is 0 Å². The number of benzene rings is 5. The summed E-state index contributed by atoms with van der Waals surface area (Å²) in [7, 11) is 0. The smallest absolute Gasteiger partial charge is 0.00137 e. The van der Waals surface area contributed by atoms with E-state index in [2.05, 4.69) is 84.9 Å². The van der Waals surface area contributed by atoms with Crippen LogP contribution in [0.15, 0.2) is 84.9 Å². The number of fused-ring (bicyclic) bond motifs is 8. The van der Waals surface area contributed by atoms with E-state index >= 15 is 0 Å². The van der Waals surface area contributed by atoms with Crippen molar-refractivity contribution in [3.05, 3.63) is 84.9 Å². The number of hydrogen-bond acceptors (Lipinski definition) is 0. The topological polar surface area (TPSA) is 0 Å². The van der Waals surface area contributed by atoms with Gasteiger partial charge in [-0.3, -0.25) is 0 Å². The second-order valence-electron chi connectivity index (χ2n) is 7.30. The lowest BCUT2D eigenvalue weighted by Crippen LogP contribution is -1.79. The third-order valence-corrected chi connectivity index (χ3v) is 6.14. The van der Waals surface area contributed by atoms with Gasteiger partial charge in [0, 0.05) is 0 Å². The van der Waals surface area contributed by atoms with Crippen molar-refractivity contribution in [3.63, 3.8) is 0 Å². The van der Waals surface area contributed by atoms with Crippen LogP contribution in [0.2, 0.25) is 0 Å². The van der Waals surface area contributed by atoms with Gasteiger partial charge in [-0.25, -0.2) is 0 Å². The summed E-state index contributed by atoms with van der Waals surface area (Å²) in [5.41, 5.74) is 0. The second kappa shape index (κ2) is 4.86. The molecule has 0 atom stereocenters. The normalized spacial score (nSPS) is 12.1. The highest BCUT2D eigenvalue weighted by atomic mass is 14.2. The first-order valence-electron chi connectivity index (χ1n) is 9.14. The van der Waals surface area contributed by atoms with E-state index in [9.17, 15) is 0 Å². The van der Waals surface area contributed by atoms with Crippen LogP contribution >= 0.6 is 0 Å². The summed E-state index contributed by atoms with van der Waals surface area (Å²) in [6.07, 6.45) is 0. The summed E-state index contributed by atoms with van der Waals surface area (Å²) in [6, 6.07) is 31.3. The highest BCUT2D eigenvalue weighted by Crippen LogP contribution is 2.49. The van der Waals surface area contributed by atoms with Gasteiger partial charge in [-0.2, -0.15) is 0 Å². The molecule has 0 aliphatic heterocycles. The summed E-state index contributed by atoms with van der Waals surface area (Å²) in [5.74, 6) is 0. The molecule has 0 heterocycles. The van der Waals surface area contributed by atoms with Crippen molar-refractivity contribution in [2.24, 2.45) is 0 Å². The van der Waals surface area contributed by atoms with Crippen molar-refractivity contribution in [2.45, 2.75) is 7.43 Å². The third kappa shape index (κ3) is 1.56. The van der Waals surface area contributed by atoms with Crippen LogP contribution < -0.4 is 0 Å². The number of hydrogen-bond donors (Lipinski definition) is 0. The zero-order chi connectivity index (χ0) is 16.8. The fraction of sp³-hybridized carbons (Fsp3) is 0.0370. The van der Waals surface area contributed by atoms with E-state index in [1.807, 2.05) is 0 Å². The molecule has 0 saturated heterocycles. The Bertz CT molecular complexity index is 1490. The Labute approximate surface area is 157 Å². The zero-order valence-corrected chi connectivity index (χ0v) is 14.1. The Morgan fingerprint density at radius 1 is 0.259 bits per heavy atom. The molecule has 7 aromatic rings. The van der Waals surface area contributed by atoms with E-state index < -0.39 is 0 Å². The fourth-order valence-electron chi connectivity index (χ4n) is 5.21. The molecule has 0 nitrogen and oxygen atoms in total. The molecule has 7 aromatic carbocycles. The molecule has 0 saturated carbocycles. The minimum atomic E-state index is 0. The molecule has 0 radical (unpaired) electrons.